The fourth-order valence-electron chi connectivity index (χ4n) is 2.10. The standard InChI is InChI=1S/C14H16N4O2/c19-18(20)12-3-1-2-11(6-12)13-8-16-14(17-13)9-15-7-10-4-5-10/h1-3,6,8,10,15H,4-5,7,9H2,(H,16,17). The number of aromatic amines is 1. The summed E-state index contributed by atoms with van der Waals surface area (Å²) in [5, 5.41) is 14.1. The van der Waals surface area contributed by atoms with Crippen LogP contribution in [0.1, 0.15) is 18.7 Å². The summed E-state index contributed by atoms with van der Waals surface area (Å²) in [5.41, 5.74) is 1.67. The Morgan fingerprint density at radius 1 is 1.45 bits per heavy atom. The smallest absolute Gasteiger partial charge is 0.270 e. The highest BCUT2D eigenvalue weighted by Gasteiger charge is 2.20. The molecule has 0 aliphatic heterocycles. The third kappa shape index (κ3) is 3.03. The zero-order valence-corrected chi connectivity index (χ0v) is 11.0. The van der Waals surface area contributed by atoms with Crippen LogP contribution < -0.4 is 5.32 Å². The van der Waals surface area contributed by atoms with Crippen molar-refractivity contribution in [3.8, 4) is 11.3 Å². The Morgan fingerprint density at radius 3 is 3.05 bits per heavy atom. The Balaban J connectivity index is 1.68. The molecule has 1 aromatic heterocycles. The molecule has 1 fully saturated rings. The Morgan fingerprint density at radius 2 is 2.30 bits per heavy atom. The van der Waals surface area contributed by atoms with Gasteiger partial charge in [-0.25, -0.2) is 4.98 Å². The topological polar surface area (TPSA) is 83.8 Å². The van der Waals surface area contributed by atoms with Crippen molar-refractivity contribution in [2.24, 2.45) is 5.92 Å². The number of nitro groups is 1. The lowest BCUT2D eigenvalue weighted by Crippen LogP contribution is -2.16. The van der Waals surface area contributed by atoms with Gasteiger partial charge in [-0.15, -0.1) is 0 Å². The molecule has 6 heteroatoms. The lowest BCUT2D eigenvalue weighted by Gasteiger charge is -2.00. The SMILES string of the molecule is O=[N+]([O-])c1cccc(-c2cnc(CNCC3CC3)[nH]2)c1. The molecule has 20 heavy (non-hydrogen) atoms. The van der Waals surface area contributed by atoms with Crippen LogP contribution in [0.15, 0.2) is 30.5 Å². The molecule has 104 valence electrons. The molecule has 2 aromatic rings. The summed E-state index contributed by atoms with van der Waals surface area (Å²) in [6, 6.07) is 6.55. The fourth-order valence-corrected chi connectivity index (χ4v) is 2.10. The van der Waals surface area contributed by atoms with Gasteiger partial charge in [0.05, 0.1) is 23.4 Å². The van der Waals surface area contributed by atoms with Gasteiger partial charge in [0.2, 0.25) is 0 Å². The van der Waals surface area contributed by atoms with Crippen LogP contribution in [0.3, 0.4) is 0 Å². The van der Waals surface area contributed by atoms with E-state index in [0.29, 0.717) is 6.54 Å². The van der Waals surface area contributed by atoms with Crippen molar-refractivity contribution < 1.29 is 4.92 Å². The van der Waals surface area contributed by atoms with Crippen molar-refractivity contribution in [3.63, 3.8) is 0 Å². The van der Waals surface area contributed by atoms with E-state index in [0.717, 1.165) is 29.5 Å². The van der Waals surface area contributed by atoms with E-state index in [1.54, 1.807) is 18.3 Å². The van der Waals surface area contributed by atoms with Crippen molar-refractivity contribution in [1.29, 1.82) is 0 Å². The Hall–Kier alpha value is -2.21. The van der Waals surface area contributed by atoms with E-state index in [9.17, 15) is 10.1 Å². The first-order chi connectivity index (χ1) is 9.72. The number of hydrogen-bond acceptors (Lipinski definition) is 4. The third-order valence-corrected chi connectivity index (χ3v) is 3.42. The van der Waals surface area contributed by atoms with E-state index < -0.39 is 4.92 Å². The molecule has 0 spiro atoms. The van der Waals surface area contributed by atoms with Crippen molar-refractivity contribution in [1.82, 2.24) is 15.3 Å². The first-order valence-electron chi connectivity index (χ1n) is 6.72. The summed E-state index contributed by atoms with van der Waals surface area (Å²) < 4.78 is 0. The summed E-state index contributed by atoms with van der Waals surface area (Å²) >= 11 is 0. The molecule has 0 bridgehead atoms. The van der Waals surface area contributed by atoms with Gasteiger partial charge in [0.25, 0.3) is 5.69 Å². The van der Waals surface area contributed by atoms with Crippen LogP contribution in [0.4, 0.5) is 5.69 Å². The molecule has 0 amide bonds. The number of hydrogen-bond donors (Lipinski definition) is 2. The number of non-ortho nitro benzene ring substituents is 1. The van der Waals surface area contributed by atoms with Crippen molar-refractivity contribution in [2.45, 2.75) is 19.4 Å². The van der Waals surface area contributed by atoms with Crippen molar-refractivity contribution in [2.75, 3.05) is 6.54 Å². The number of nitrogens with zero attached hydrogens (tertiary/aromatic N) is 2. The van der Waals surface area contributed by atoms with E-state index >= 15 is 0 Å². The average Bonchev–Trinajstić information content (AvgIpc) is 3.15. The summed E-state index contributed by atoms with van der Waals surface area (Å²) in [7, 11) is 0. The number of benzene rings is 1. The van der Waals surface area contributed by atoms with Gasteiger partial charge in [-0.3, -0.25) is 10.1 Å². The van der Waals surface area contributed by atoms with E-state index in [1.807, 2.05) is 6.07 Å². The second kappa shape index (κ2) is 5.42. The highest BCUT2D eigenvalue weighted by atomic mass is 16.6. The number of imidazole rings is 1. The van der Waals surface area contributed by atoms with Crippen LogP contribution in [0.25, 0.3) is 11.3 Å². The molecule has 2 N–H and O–H groups in total. The normalized spacial score (nSPS) is 14.4. The van der Waals surface area contributed by atoms with Gasteiger partial charge in [-0.05, 0) is 25.3 Å². The summed E-state index contributed by atoms with van der Waals surface area (Å²) in [4.78, 5) is 17.9. The fraction of sp³-hybridized carbons (Fsp3) is 0.357. The minimum absolute atomic E-state index is 0.0884. The molecule has 6 nitrogen and oxygen atoms in total. The Labute approximate surface area is 116 Å². The van der Waals surface area contributed by atoms with Crippen molar-refractivity contribution in [3.05, 3.63) is 46.4 Å². The quantitative estimate of drug-likeness (QED) is 0.625. The summed E-state index contributed by atoms with van der Waals surface area (Å²) in [5.74, 6) is 1.69. The molecule has 1 aromatic carbocycles. The number of rotatable bonds is 6. The van der Waals surface area contributed by atoms with Crippen LogP contribution in [-0.2, 0) is 6.54 Å². The molecule has 0 saturated heterocycles. The lowest BCUT2D eigenvalue weighted by atomic mass is 10.1. The summed E-state index contributed by atoms with van der Waals surface area (Å²) in [6.45, 7) is 1.73. The van der Waals surface area contributed by atoms with E-state index in [1.165, 1.54) is 18.9 Å². The van der Waals surface area contributed by atoms with Crippen molar-refractivity contribution >= 4 is 5.69 Å². The maximum atomic E-state index is 10.8. The maximum Gasteiger partial charge on any atom is 0.270 e. The average molecular weight is 272 g/mol. The molecule has 0 atom stereocenters. The molecule has 3 rings (SSSR count). The minimum atomic E-state index is -0.391. The van der Waals surface area contributed by atoms with Crippen LogP contribution in [0.2, 0.25) is 0 Å². The Bertz CT molecular complexity index is 619. The molecule has 1 saturated carbocycles. The molecule has 0 radical (unpaired) electrons. The number of H-pyrrole nitrogens is 1. The number of nitro benzene ring substituents is 1. The van der Waals surface area contributed by atoms with Gasteiger partial charge in [0, 0.05) is 17.7 Å². The van der Waals surface area contributed by atoms with Crippen LogP contribution >= 0.6 is 0 Å². The molecule has 1 aliphatic carbocycles. The van der Waals surface area contributed by atoms with Gasteiger partial charge >= 0.3 is 0 Å². The maximum absolute atomic E-state index is 10.8. The summed E-state index contributed by atoms with van der Waals surface area (Å²) in [6.07, 6.45) is 4.36. The number of nitrogens with one attached hydrogen (secondary N) is 2. The molecular formula is C14H16N4O2. The van der Waals surface area contributed by atoms with Crippen LogP contribution in [-0.4, -0.2) is 21.4 Å². The van der Waals surface area contributed by atoms with E-state index in [-0.39, 0.29) is 5.69 Å². The van der Waals surface area contributed by atoms with Gasteiger partial charge in [0.1, 0.15) is 5.82 Å². The van der Waals surface area contributed by atoms with Gasteiger partial charge in [-0.1, -0.05) is 12.1 Å². The van der Waals surface area contributed by atoms with Gasteiger partial charge < -0.3 is 10.3 Å². The second-order valence-corrected chi connectivity index (χ2v) is 5.13. The largest absolute Gasteiger partial charge is 0.341 e. The zero-order valence-electron chi connectivity index (χ0n) is 11.0. The van der Waals surface area contributed by atoms with Crippen LogP contribution in [0, 0.1) is 16.0 Å². The van der Waals surface area contributed by atoms with E-state index in [2.05, 4.69) is 15.3 Å². The molecule has 0 unspecified atom stereocenters. The monoisotopic (exact) mass is 272 g/mol. The Kier molecular flexibility index (Phi) is 3.47. The lowest BCUT2D eigenvalue weighted by molar-refractivity contribution is -0.384. The second-order valence-electron chi connectivity index (χ2n) is 5.13. The first kappa shape index (κ1) is 12.8. The van der Waals surface area contributed by atoms with Gasteiger partial charge in [0.15, 0.2) is 0 Å². The van der Waals surface area contributed by atoms with Gasteiger partial charge in [-0.2, -0.15) is 0 Å². The molecule has 1 aliphatic rings. The molecule has 1 heterocycles. The highest BCUT2D eigenvalue weighted by Crippen LogP contribution is 2.27. The van der Waals surface area contributed by atoms with E-state index in [4.69, 9.17) is 0 Å². The zero-order chi connectivity index (χ0) is 13.9. The third-order valence-electron chi connectivity index (χ3n) is 3.42. The number of aromatic nitrogens is 2. The predicted molar refractivity (Wildman–Crippen MR) is 75.1 cm³/mol. The first-order valence-corrected chi connectivity index (χ1v) is 6.72. The predicted octanol–water partition coefficient (Wildman–Crippen LogP) is 2.48. The van der Waals surface area contributed by atoms with Crippen LogP contribution in [0.5, 0.6) is 0 Å². The highest BCUT2D eigenvalue weighted by molar-refractivity contribution is 5.61. The molecular weight excluding hydrogens is 256 g/mol. The minimum Gasteiger partial charge on any atom is -0.341 e.